The molecule has 27 heavy (non-hydrogen) atoms. The highest BCUT2D eigenvalue weighted by Crippen LogP contribution is 2.26. The summed E-state index contributed by atoms with van der Waals surface area (Å²) in [5, 5.41) is 11.8. The summed E-state index contributed by atoms with van der Waals surface area (Å²) in [6.45, 7) is -1.05. The molecule has 0 saturated heterocycles. The number of halogens is 2. The highest BCUT2D eigenvalue weighted by molar-refractivity contribution is 7.89. The molecule has 2 rings (SSSR count). The topological polar surface area (TPSA) is 125 Å². The number of hydrogen-bond donors (Lipinski definition) is 3. The van der Waals surface area contributed by atoms with E-state index in [9.17, 15) is 27.3 Å². The Morgan fingerprint density at radius 1 is 1.30 bits per heavy atom. The molecule has 1 fully saturated rings. The van der Waals surface area contributed by atoms with Gasteiger partial charge in [0.1, 0.15) is 6.07 Å². The zero-order chi connectivity index (χ0) is 20.0. The van der Waals surface area contributed by atoms with Crippen molar-refractivity contribution in [3.8, 4) is 6.07 Å². The van der Waals surface area contributed by atoms with E-state index in [1.165, 1.54) is 12.1 Å². The maximum Gasteiger partial charge on any atom is 0.251 e. The van der Waals surface area contributed by atoms with Crippen LogP contribution in [0.3, 0.4) is 0 Å². The minimum absolute atomic E-state index is 0.0902. The second-order valence-corrected chi connectivity index (χ2v) is 8.21. The average molecular weight is 400 g/mol. The maximum atomic E-state index is 12.3. The second-order valence-electron chi connectivity index (χ2n) is 6.48. The molecule has 1 aromatic carbocycles. The summed E-state index contributed by atoms with van der Waals surface area (Å²) in [5.74, 6) is -0.315. The number of carbonyl (C=O) groups is 1. The van der Waals surface area contributed by atoms with Gasteiger partial charge in [-0.05, 0) is 37.0 Å². The monoisotopic (exact) mass is 400 g/mol. The van der Waals surface area contributed by atoms with Gasteiger partial charge in [-0.1, -0.05) is 19.3 Å². The summed E-state index contributed by atoms with van der Waals surface area (Å²) in [6, 6.07) is 4.59. The number of rotatable bonds is 7. The number of carbonyl (C=O) groups excluding carboxylic acids is 1. The Hall–Kier alpha value is -2.09. The Morgan fingerprint density at radius 3 is 2.56 bits per heavy atom. The number of alkyl halides is 2. The molecule has 0 heterocycles. The predicted octanol–water partition coefficient (Wildman–Crippen LogP) is 1.95. The van der Waals surface area contributed by atoms with E-state index in [2.05, 4.69) is 5.32 Å². The molecule has 10 heteroatoms. The molecule has 0 aromatic heterocycles. The fourth-order valence-electron chi connectivity index (χ4n) is 3.11. The lowest BCUT2D eigenvalue weighted by molar-refractivity contribution is -0.118. The third-order valence-electron chi connectivity index (χ3n) is 4.55. The van der Waals surface area contributed by atoms with Crippen molar-refractivity contribution in [3.05, 3.63) is 23.8 Å². The highest BCUT2D eigenvalue weighted by Gasteiger charge is 2.27. The van der Waals surface area contributed by atoms with E-state index in [0.29, 0.717) is 0 Å². The molecule has 1 atom stereocenters. The van der Waals surface area contributed by atoms with Gasteiger partial charge in [0.2, 0.25) is 15.9 Å². The lowest BCUT2D eigenvalue weighted by Gasteiger charge is -2.26. The quantitative estimate of drug-likeness (QED) is 0.645. The number of nitrogens with zero attached hydrogens (tertiary/aromatic N) is 1. The second kappa shape index (κ2) is 9.21. The molecule has 1 aliphatic carbocycles. The molecule has 148 valence electrons. The maximum absolute atomic E-state index is 12.3. The lowest BCUT2D eigenvalue weighted by Crippen LogP contribution is -2.42. The number of nitrogens with two attached hydrogens (primary N) is 1. The van der Waals surface area contributed by atoms with E-state index >= 15 is 0 Å². The number of hydrogen-bond acceptors (Lipinski definition) is 5. The fraction of sp³-hybridized carbons (Fsp3) is 0.529. The van der Waals surface area contributed by atoms with E-state index in [0.717, 1.165) is 38.2 Å². The van der Waals surface area contributed by atoms with Crippen molar-refractivity contribution >= 4 is 21.6 Å². The van der Waals surface area contributed by atoms with Crippen LogP contribution >= 0.6 is 0 Å². The van der Waals surface area contributed by atoms with Crippen molar-refractivity contribution in [2.45, 2.75) is 49.5 Å². The minimum atomic E-state index is -4.27. The Labute approximate surface area is 157 Å². The van der Waals surface area contributed by atoms with Crippen molar-refractivity contribution < 1.29 is 22.0 Å². The normalized spacial score (nSPS) is 16.7. The molecule has 0 unspecified atom stereocenters. The summed E-state index contributed by atoms with van der Waals surface area (Å²) in [4.78, 5) is 11.9. The first-order valence-electron chi connectivity index (χ1n) is 8.63. The van der Waals surface area contributed by atoms with Gasteiger partial charge in [-0.3, -0.25) is 4.79 Å². The van der Waals surface area contributed by atoms with E-state index in [1.54, 1.807) is 10.8 Å². The summed E-state index contributed by atoms with van der Waals surface area (Å²) >= 11 is 0. The van der Waals surface area contributed by atoms with Crippen LogP contribution in [0.4, 0.5) is 14.5 Å². The molecular formula is C17H22F2N4O3S. The largest absolute Gasteiger partial charge is 0.325 e. The third-order valence-corrected chi connectivity index (χ3v) is 6.03. The van der Waals surface area contributed by atoms with Gasteiger partial charge in [0, 0.05) is 5.69 Å². The van der Waals surface area contributed by atoms with Crippen molar-refractivity contribution in [1.29, 1.82) is 5.26 Å². The SMILES string of the molecule is N#Cc1cc(NC(=O)[C@@H](N)C2CCCCC2)ccc1S(=O)(=O)NCC(F)F. The van der Waals surface area contributed by atoms with Crippen molar-refractivity contribution in [2.75, 3.05) is 11.9 Å². The Bertz CT molecular complexity index is 818. The van der Waals surface area contributed by atoms with E-state index in [1.807, 2.05) is 0 Å². The summed E-state index contributed by atoms with van der Waals surface area (Å²) in [7, 11) is -4.27. The highest BCUT2D eigenvalue weighted by atomic mass is 32.2. The summed E-state index contributed by atoms with van der Waals surface area (Å²) in [6.07, 6.45) is 2.09. The van der Waals surface area contributed by atoms with Gasteiger partial charge in [-0.15, -0.1) is 0 Å². The van der Waals surface area contributed by atoms with Gasteiger partial charge in [0.05, 0.1) is 23.0 Å². The van der Waals surface area contributed by atoms with Gasteiger partial charge >= 0.3 is 0 Å². The molecular weight excluding hydrogens is 378 g/mol. The molecule has 0 bridgehead atoms. The zero-order valence-corrected chi connectivity index (χ0v) is 15.4. The molecule has 0 spiro atoms. The van der Waals surface area contributed by atoms with Crippen LogP contribution < -0.4 is 15.8 Å². The molecule has 0 radical (unpaired) electrons. The molecule has 7 nitrogen and oxygen atoms in total. The molecule has 4 N–H and O–H groups in total. The smallest absolute Gasteiger partial charge is 0.251 e. The fourth-order valence-corrected chi connectivity index (χ4v) is 4.26. The van der Waals surface area contributed by atoms with Crippen LogP contribution in [0.2, 0.25) is 0 Å². The number of anilines is 1. The molecule has 1 aliphatic rings. The van der Waals surface area contributed by atoms with Crippen LogP contribution in [0.15, 0.2) is 23.1 Å². The molecule has 0 aliphatic heterocycles. The summed E-state index contributed by atoms with van der Waals surface area (Å²) < 4.78 is 50.4. The number of benzene rings is 1. The van der Waals surface area contributed by atoms with Crippen molar-refractivity contribution in [1.82, 2.24) is 4.72 Å². The average Bonchev–Trinajstić information content (AvgIpc) is 2.66. The van der Waals surface area contributed by atoms with Gasteiger partial charge in [-0.2, -0.15) is 5.26 Å². The van der Waals surface area contributed by atoms with E-state index in [-0.39, 0.29) is 17.2 Å². The van der Waals surface area contributed by atoms with Crippen LogP contribution in [0.1, 0.15) is 37.7 Å². The van der Waals surface area contributed by atoms with E-state index in [4.69, 9.17) is 5.73 Å². The van der Waals surface area contributed by atoms with Crippen LogP contribution in [0, 0.1) is 17.2 Å². The first-order chi connectivity index (χ1) is 12.7. The molecule has 1 aromatic rings. The van der Waals surface area contributed by atoms with Crippen LogP contribution in [0.5, 0.6) is 0 Å². The number of nitrogens with one attached hydrogen (secondary N) is 2. The minimum Gasteiger partial charge on any atom is -0.325 e. The number of sulfonamides is 1. The zero-order valence-electron chi connectivity index (χ0n) is 14.6. The molecule has 1 saturated carbocycles. The van der Waals surface area contributed by atoms with Crippen LogP contribution in [0.25, 0.3) is 0 Å². The standard InChI is InChI=1S/C17H22F2N4O3S/c18-15(19)10-22-27(25,26)14-7-6-13(8-12(14)9-20)23-17(24)16(21)11-4-2-1-3-5-11/h6-8,11,15-16,22H,1-5,10,21H2,(H,23,24)/t16-/m0/s1. The first-order valence-corrected chi connectivity index (χ1v) is 10.1. The van der Waals surface area contributed by atoms with E-state index < -0.39 is 39.8 Å². The Kier molecular flexibility index (Phi) is 7.24. The Morgan fingerprint density at radius 2 is 1.96 bits per heavy atom. The predicted molar refractivity (Wildman–Crippen MR) is 95.5 cm³/mol. The van der Waals surface area contributed by atoms with Crippen molar-refractivity contribution in [3.63, 3.8) is 0 Å². The summed E-state index contributed by atoms with van der Waals surface area (Å²) in [5.41, 5.74) is 5.98. The Balaban J connectivity index is 2.13. The number of nitriles is 1. The molecule has 1 amide bonds. The first kappa shape index (κ1) is 21.2. The lowest BCUT2D eigenvalue weighted by atomic mass is 9.84. The third kappa shape index (κ3) is 5.69. The van der Waals surface area contributed by atoms with Gasteiger partial charge in [0.25, 0.3) is 6.43 Å². The van der Waals surface area contributed by atoms with Crippen LogP contribution in [-0.2, 0) is 14.8 Å². The van der Waals surface area contributed by atoms with Gasteiger partial charge in [-0.25, -0.2) is 21.9 Å². The van der Waals surface area contributed by atoms with Crippen molar-refractivity contribution in [2.24, 2.45) is 11.7 Å². The number of amides is 1. The van der Waals surface area contributed by atoms with Crippen LogP contribution in [-0.4, -0.2) is 33.3 Å². The van der Waals surface area contributed by atoms with Gasteiger partial charge < -0.3 is 11.1 Å². The van der Waals surface area contributed by atoms with Gasteiger partial charge in [0.15, 0.2) is 0 Å².